The van der Waals surface area contributed by atoms with Gasteiger partial charge in [-0.1, -0.05) is 72.1 Å². The highest BCUT2D eigenvalue weighted by molar-refractivity contribution is 8.34. The first-order chi connectivity index (χ1) is 10.00. The molecule has 0 heterocycles. The summed E-state index contributed by atoms with van der Waals surface area (Å²) in [6.45, 7) is 9.21. The van der Waals surface area contributed by atoms with Gasteiger partial charge in [0.2, 0.25) is 0 Å². The zero-order chi connectivity index (χ0) is 16.1. The lowest BCUT2D eigenvalue weighted by molar-refractivity contribution is 0.497. The summed E-state index contributed by atoms with van der Waals surface area (Å²) < 4.78 is 0.379. The van der Waals surface area contributed by atoms with Crippen molar-refractivity contribution in [3.63, 3.8) is 0 Å². The summed E-state index contributed by atoms with van der Waals surface area (Å²) in [4.78, 5) is 0. The molecule has 130 valence electrons. The number of halogens is 1. The van der Waals surface area contributed by atoms with Crippen LogP contribution in [0.1, 0.15) is 91.9 Å². The quantitative estimate of drug-likeness (QED) is 0.226. The van der Waals surface area contributed by atoms with Gasteiger partial charge in [-0.3, -0.25) is 0 Å². The van der Waals surface area contributed by atoms with Gasteiger partial charge in [-0.2, -0.15) is 0 Å². The van der Waals surface area contributed by atoms with Crippen LogP contribution in [0.5, 0.6) is 0 Å². The molecule has 0 saturated heterocycles. The molecule has 0 nitrogen and oxygen atoms in total. The first kappa shape index (κ1) is 21.6. The summed E-state index contributed by atoms with van der Waals surface area (Å²) in [6.07, 6.45) is 16.4. The Balaban J connectivity index is 4.21. The van der Waals surface area contributed by atoms with Gasteiger partial charge >= 0.3 is 0 Å². The van der Waals surface area contributed by atoms with Crippen molar-refractivity contribution in [2.24, 2.45) is 5.92 Å². The van der Waals surface area contributed by atoms with Crippen LogP contribution < -0.4 is 0 Å². The minimum absolute atomic E-state index is 0.379. The first-order valence-electron chi connectivity index (χ1n) is 9.36. The molecule has 21 heavy (non-hydrogen) atoms. The highest BCUT2D eigenvalue weighted by Crippen LogP contribution is 2.53. The van der Waals surface area contributed by atoms with Crippen LogP contribution in [0.25, 0.3) is 0 Å². The smallest absolute Gasteiger partial charge is 0.0608 e. The van der Waals surface area contributed by atoms with E-state index in [1.807, 2.05) is 0 Å². The van der Waals surface area contributed by atoms with Crippen LogP contribution in [-0.2, 0) is 0 Å². The topological polar surface area (TPSA) is 0 Å². The van der Waals surface area contributed by atoms with E-state index in [-0.39, 0.29) is 0 Å². The molecule has 0 aliphatic carbocycles. The summed E-state index contributed by atoms with van der Waals surface area (Å²) in [7, 11) is -0.625. The van der Waals surface area contributed by atoms with Crippen LogP contribution in [-0.4, -0.2) is 22.5 Å². The normalized spacial score (nSPS) is 19.0. The van der Waals surface area contributed by atoms with Crippen molar-refractivity contribution in [1.82, 2.24) is 0 Å². The van der Waals surface area contributed by atoms with Gasteiger partial charge in [-0.15, -0.1) is 11.6 Å². The molecule has 3 atom stereocenters. The maximum Gasteiger partial charge on any atom is 0.0608 e. The Morgan fingerprint density at radius 3 is 1.95 bits per heavy atom. The summed E-state index contributed by atoms with van der Waals surface area (Å²) >= 11 is 6.62. The van der Waals surface area contributed by atoms with Crippen LogP contribution in [0.2, 0.25) is 0 Å². The van der Waals surface area contributed by atoms with Crippen molar-refractivity contribution in [1.29, 1.82) is 0 Å². The Labute approximate surface area is 142 Å². The van der Waals surface area contributed by atoms with E-state index >= 15 is 0 Å². The van der Waals surface area contributed by atoms with Crippen LogP contribution >= 0.6 is 21.6 Å². The van der Waals surface area contributed by atoms with Crippen molar-refractivity contribution in [2.45, 2.75) is 96.6 Å². The Hall–Kier alpha value is 0.640. The van der Waals surface area contributed by atoms with E-state index in [0.717, 1.165) is 5.92 Å². The lowest BCUT2D eigenvalue weighted by Gasteiger charge is -2.41. The zero-order valence-corrected chi connectivity index (χ0v) is 17.0. The predicted molar refractivity (Wildman–Crippen MR) is 105 cm³/mol. The molecule has 2 heteroatoms. The number of alkyl halides is 1. The molecule has 0 spiro atoms. The number of hydrogen-bond donors (Lipinski definition) is 0. The largest absolute Gasteiger partial charge is 0.228 e. The molecule has 0 aliphatic heterocycles. The van der Waals surface area contributed by atoms with Gasteiger partial charge in [-0.25, -0.2) is 10.0 Å². The summed E-state index contributed by atoms with van der Waals surface area (Å²) in [6, 6.07) is 0. The molecule has 0 aliphatic rings. The van der Waals surface area contributed by atoms with Gasteiger partial charge < -0.3 is 0 Å². The predicted octanol–water partition coefficient (Wildman–Crippen LogP) is 7.58. The second-order valence-corrected chi connectivity index (χ2v) is 12.0. The Morgan fingerprint density at radius 2 is 1.43 bits per heavy atom. The molecule has 3 unspecified atom stereocenters. The highest BCUT2D eigenvalue weighted by Gasteiger charge is 2.26. The Kier molecular flexibility index (Phi) is 13.5. The van der Waals surface area contributed by atoms with E-state index in [2.05, 4.69) is 34.0 Å². The van der Waals surface area contributed by atoms with Gasteiger partial charge in [0.1, 0.15) is 0 Å². The molecule has 0 fully saturated rings. The third-order valence-corrected chi connectivity index (χ3v) is 10.2. The molecule has 0 bridgehead atoms. The van der Waals surface area contributed by atoms with Crippen LogP contribution in [0.3, 0.4) is 0 Å². The summed E-state index contributed by atoms with van der Waals surface area (Å²) in [5, 5.41) is 0. The highest BCUT2D eigenvalue weighted by atomic mass is 35.5. The van der Waals surface area contributed by atoms with Crippen molar-refractivity contribution in [3.05, 3.63) is 0 Å². The van der Waals surface area contributed by atoms with Crippen LogP contribution in [0.4, 0.5) is 0 Å². The third kappa shape index (κ3) is 10.1. The molecule has 0 aromatic heterocycles. The zero-order valence-electron chi connectivity index (χ0n) is 15.4. The fourth-order valence-corrected chi connectivity index (χ4v) is 6.61. The van der Waals surface area contributed by atoms with Gasteiger partial charge in [0, 0.05) is 0 Å². The van der Waals surface area contributed by atoms with E-state index in [4.69, 9.17) is 11.6 Å². The second-order valence-electron chi connectivity index (χ2n) is 6.95. The van der Waals surface area contributed by atoms with Crippen molar-refractivity contribution in [3.8, 4) is 0 Å². The molecule has 0 radical (unpaired) electrons. The lowest BCUT2D eigenvalue weighted by atomic mass is 10.0. The van der Waals surface area contributed by atoms with E-state index < -0.39 is 10.0 Å². The van der Waals surface area contributed by atoms with Crippen molar-refractivity contribution >= 4 is 21.6 Å². The molecule has 0 saturated carbocycles. The van der Waals surface area contributed by atoms with Crippen LogP contribution in [0, 0.1) is 5.92 Å². The monoisotopic (exact) mass is 336 g/mol. The van der Waals surface area contributed by atoms with Crippen LogP contribution in [0.15, 0.2) is 0 Å². The number of rotatable bonds is 14. The van der Waals surface area contributed by atoms with E-state index in [1.54, 1.807) is 0 Å². The van der Waals surface area contributed by atoms with Gasteiger partial charge in [-0.05, 0) is 43.4 Å². The van der Waals surface area contributed by atoms with Gasteiger partial charge in [0.15, 0.2) is 0 Å². The number of hydrogen-bond acceptors (Lipinski definition) is 0. The molecule has 0 rings (SSSR count). The van der Waals surface area contributed by atoms with E-state index in [1.165, 1.54) is 75.7 Å². The SMILES string of the molecule is CCCCCCCCS(C)(CC(CC)CCCC)C(C)Cl. The van der Waals surface area contributed by atoms with Crippen molar-refractivity contribution in [2.75, 3.05) is 17.8 Å². The van der Waals surface area contributed by atoms with Gasteiger partial charge in [0.25, 0.3) is 0 Å². The summed E-state index contributed by atoms with van der Waals surface area (Å²) in [5.74, 6) is 3.71. The average Bonchev–Trinajstić information content (AvgIpc) is 2.47. The standard InChI is InChI=1S/C19H41ClS/c1-6-9-11-12-13-14-16-21(5,18(4)20)17-19(8-3)15-10-7-2/h18-19H,6-17H2,1-5H3. The van der Waals surface area contributed by atoms with E-state index in [9.17, 15) is 0 Å². The van der Waals surface area contributed by atoms with Crippen molar-refractivity contribution < 1.29 is 0 Å². The molecule has 0 aromatic rings. The Bertz CT molecular complexity index is 230. The molecule has 0 N–H and O–H groups in total. The fraction of sp³-hybridized carbons (Fsp3) is 1.00. The lowest BCUT2D eigenvalue weighted by Crippen LogP contribution is -2.21. The minimum atomic E-state index is -0.625. The van der Waals surface area contributed by atoms with Gasteiger partial charge in [0.05, 0.1) is 4.71 Å². The second kappa shape index (κ2) is 13.1. The molecule has 0 amide bonds. The maximum absolute atomic E-state index is 6.62. The summed E-state index contributed by atoms with van der Waals surface area (Å²) in [5.41, 5.74) is 0. The molecule has 0 aromatic carbocycles. The molecular weight excluding hydrogens is 296 g/mol. The average molecular weight is 337 g/mol. The third-order valence-electron chi connectivity index (χ3n) is 4.91. The maximum atomic E-state index is 6.62. The minimum Gasteiger partial charge on any atom is -0.228 e. The first-order valence-corrected chi connectivity index (χ1v) is 12.2. The van der Waals surface area contributed by atoms with E-state index in [0.29, 0.717) is 4.71 Å². The fourth-order valence-electron chi connectivity index (χ4n) is 3.03. The number of unbranched alkanes of at least 4 members (excludes halogenated alkanes) is 6. The Morgan fingerprint density at radius 1 is 0.857 bits per heavy atom. The molecular formula is C19H41ClS.